The lowest BCUT2D eigenvalue weighted by Gasteiger charge is -2.12. The van der Waals surface area contributed by atoms with Crippen LogP contribution in [0.3, 0.4) is 0 Å². The van der Waals surface area contributed by atoms with Gasteiger partial charge in [0.2, 0.25) is 0 Å². The van der Waals surface area contributed by atoms with Crippen molar-refractivity contribution in [3.63, 3.8) is 0 Å². The van der Waals surface area contributed by atoms with E-state index in [9.17, 15) is 4.39 Å². The number of thiocarbonyl (C=S) groups is 1. The first-order chi connectivity index (χ1) is 10.1. The smallest absolute Gasteiger partial charge is 0.124 e. The largest absolute Gasteiger partial charge is 0.389 e. The third kappa shape index (κ3) is 2.83. The number of nitrogens with two attached hydrogens (primary N) is 1. The van der Waals surface area contributed by atoms with Crippen LogP contribution in [0.5, 0.6) is 0 Å². The highest BCUT2D eigenvalue weighted by molar-refractivity contribution is 7.80. The predicted octanol–water partition coefficient (Wildman–Crippen LogP) is 3.75. The van der Waals surface area contributed by atoms with E-state index in [0.29, 0.717) is 11.3 Å². The monoisotopic (exact) mass is 297 g/mol. The van der Waals surface area contributed by atoms with Crippen molar-refractivity contribution in [1.29, 1.82) is 0 Å². The molecule has 3 rings (SSSR count). The van der Waals surface area contributed by atoms with Crippen molar-refractivity contribution < 1.29 is 4.39 Å². The van der Waals surface area contributed by atoms with Gasteiger partial charge in [0.15, 0.2) is 0 Å². The molecule has 3 aromatic rings. The number of nitrogens with one attached hydrogen (secondary N) is 1. The molecular weight excluding hydrogens is 285 g/mol. The molecule has 0 aliphatic heterocycles. The average molecular weight is 297 g/mol. The summed E-state index contributed by atoms with van der Waals surface area (Å²) in [5, 5.41) is 4.23. The van der Waals surface area contributed by atoms with E-state index < -0.39 is 0 Å². The Balaban J connectivity index is 2.00. The van der Waals surface area contributed by atoms with Crippen LogP contribution in [0.2, 0.25) is 0 Å². The van der Waals surface area contributed by atoms with Crippen molar-refractivity contribution in [2.45, 2.75) is 0 Å². The fourth-order valence-electron chi connectivity index (χ4n) is 2.14. The number of nitrogens with zero attached hydrogens (tertiary/aromatic N) is 1. The molecule has 3 nitrogen and oxygen atoms in total. The van der Waals surface area contributed by atoms with Gasteiger partial charge in [-0.3, -0.25) is 4.98 Å². The van der Waals surface area contributed by atoms with Crippen LogP contribution < -0.4 is 11.1 Å². The predicted molar refractivity (Wildman–Crippen MR) is 87.3 cm³/mol. The molecule has 1 heterocycles. The van der Waals surface area contributed by atoms with Crippen molar-refractivity contribution in [2.24, 2.45) is 5.73 Å². The van der Waals surface area contributed by atoms with Crippen molar-refractivity contribution >= 4 is 39.5 Å². The second-order valence-electron chi connectivity index (χ2n) is 4.59. The number of pyridine rings is 1. The second kappa shape index (κ2) is 5.46. The van der Waals surface area contributed by atoms with E-state index in [0.717, 1.165) is 16.6 Å². The zero-order valence-corrected chi connectivity index (χ0v) is 11.8. The lowest BCUT2D eigenvalue weighted by atomic mass is 10.1. The van der Waals surface area contributed by atoms with Gasteiger partial charge in [0.25, 0.3) is 0 Å². The molecule has 0 bridgehead atoms. The SMILES string of the molecule is NC(=S)c1cc(F)ccc1Nc1ccc2ncccc2c1. The number of fused-ring (bicyclic) bond motifs is 1. The number of hydrogen-bond donors (Lipinski definition) is 2. The number of rotatable bonds is 3. The summed E-state index contributed by atoms with van der Waals surface area (Å²) in [4.78, 5) is 4.42. The highest BCUT2D eigenvalue weighted by atomic mass is 32.1. The molecule has 3 N–H and O–H groups in total. The normalized spacial score (nSPS) is 10.5. The molecule has 0 fully saturated rings. The number of benzene rings is 2. The molecule has 0 amide bonds. The minimum atomic E-state index is -0.369. The van der Waals surface area contributed by atoms with Gasteiger partial charge < -0.3 is 11.1 Å². The van der Waals surface area contributed by atoms with Crippen LogP contribution in [0.15, 0.2) is 54.7 Å². The van der Waals surface area contributed by atoms with Gasteiger partial charge in [-0.2, -0.15) is 0 Å². The Hall–Kier alpha value is -2.53. The number of hydrogen-bond acceptors (Lipinski definition) is 3. The molecular formula is C16H12FN3S. The summed E-state index contributed by atoms with van der Waals surface area (Å²) in [6, 6.07) is 14.0. The third-order valence-corrected chi connectivity index (χ3v) is 3.35. The molecule has 5 heteroatoms. The maximum absolute atomic E-state index is 13.3. The van der Waals surface area contributed by atoms with Crippen molar-refractivity contribution in [3.05, 3.63) is 66.1 Å². The van der Waals surface area contributed by atoms with E-state index in [1.165, 1.54) is 12.1 Å². The number of halogens is 1. The lowest BCUT2D eigenvalue weighted by Crippen LogP contribution is -2.12. The van der Waals surface area contributed by atoms with E-state index in [2.05, 4.69) is 10.3 Å². The van der Waals surface area contributed by atoms with Crippen LogP contribution in [0, 0.1) is 5.82 Å². The van der Waals surface area contributed by atoms with Gasteiger partial charge >= 0.3 is 0 Å². The van der Waals surface area contributed by atoms with Gasteiger partial charge in [0, 0.05) is 28.5 Å². The minimum absolute atomic E-state index is 0.152. The highest BCUT2D eigenvalue weighted by Crippen LogP contribution is 2.24. The Morgan fingerprint density at radius 1 is 1.14 bits per heavy atom. The topological polar surface area (TPSA) is 50.9 Å². The molecule has 21 heavy (non-hydrogen) atoms. The summed E-state index contributed by atoms with van der Waals surface area (Å²) in [5.74, 6) is -0.369. The van der Waals surface area contributed by atoms with Crippen molar-refractivity contribution in [2.75, 3.05) is 5.32 Å². The van der Waals surface area contributed by atoms with Gasteiger partial charge in [-0.15, -0.1) is 0 Å². The summed E-state index contributed by atoms with van der Waals surface area (Å²) in [6.45, 7) is 0. The van der Waals surface area contributed by atoms with E-state index in [1.807, 2.05) is 30.3 Å². The Morgan fingerprint density at radius 2 is 2.00 bits per heavy atom. The van der Waals surface area contributed by atoms with Gasteiger partial charge in [-0.25, -0.2) is 4.39 Å². The van der Waals surface area contributed by atoms with Gasteiger partial charge in [0.05, 0.1) is 5.52 Å². The van der Waals surface area contributed by atoms with E-state index in [4.69, 9.17) is 18.0 Å². The van der Waals surface area contributed by atoms with Crippen LogP contribution in [0.4, 0.5) is 15.8 Å². The number of aromatic nitrogens is 1. The van der Waals surface area contributed by atoms with Crippen molar-refractivity contribution in [3.8, 4) is 0 Å². The first-order valence-electron chi connectivity index (χ1n) is 6.34. The molecule has 104 valence electrons. The molecule has 0 spiro atoms. The Morgan fingerprint density at radius 3 is 2.81 bits per heavy atom. The summed E-state index contributed by atoms with van der Waals surface area (Å²) in [7, 11) is 0. The molecule has 1 aromatic heterocycles. The molecule has 0 unspecified atom stereocenters. The van der Waals surface area contributed by atoms with Crippen LogP contribution >= 0.6 is 12.2 Å². The highest BCUT2D eigenvalue weighted by Gasteiger charge is 2.07. The van der Waals surface area contributed by atoms with Gasteiger partial charge in [-0.05, 0) is 42.5 Å². The molecule has 0 aliphatic carbocycles. The second-order valence-corrected chi connectivity index (χ2v) is 5.03. The van der Waals surface area contributed by atoms with Gasteiger partial charge in [0.1, 0.15) is 10.8 Å². The number of anilines is 2. The van der Waals surface area contributed by atoms with E-state index >= 15 is 0 Å². The van der Waals surface area contributed by atoms with Crippen LogP contribution in [-0.4, -0.2) is 9.97 Å². The van der Waals surface area contributed by atoms with Crippen LogP contribution in [0.25, 0.3) is 10.9 Å². The quantitative estimate of drug-likeness (QED) is 0.723. The summed E-state index contributed by atoms with van der Waals surface area (Å²) < 4.78 is 13.3. The maximum Gasteiger partial charge on any atom is 0.124 e. The fraction of sp³-hybridized carbons (Fsp3) is 0. The average Bonchev–Trinajstić information content (AvgIpc) is 2.49. The third-order valence-electron chi connectivity index (χ3n) is 3.13. The van der Waals surface area contributed by atoms with Crippen molar-refractivity contribution in [1.82, 2.24) is 4.98 Å². The molecule has 0 saturated heterocycles. The first-order valence-corrected chi connectivity index (χ1v) is 6.75. The minimum Gasteiger partial charge on any atom is -0.389 e. The van der Waals surface area contributed by atoms with E-state index in [-0.39, 0.29) is 10.8 Å². The lowest BCUT2D eigenvalue weighted by molar-refractivity contribution is 0.628. The summed E-state index contributed by atoms with van der Waals surface area (Å²) >= 11 is 4.96. The summed E-state index contributed by atoms with van der Waals surface area (Å²) in [6.07, 6.45) is 1.75. The first kappa shape index (κ1) is 13.5. The summed E-state index contributed by atoms with van der Waals surface area (Å²) in [5.41, 5.74) is 8.57. The van der Waals surface area contributed by atoms with Crippen LogP contribution in [-0.2, 0) is 0 Å². The molecule has 0 saturated carbocycles. The molecule has 2 aromatic carbocycles. The zero-order valence-electron chi connectivity index (χ0n) is 11.0. The fourth-order valence-corrected chi connectivity index (χ4v) is 2.31. The zero-order chi connectivity index (χ0) is 14.8. The standard InChI is InChI=1S/C16H12FN3S/c17-11-3-5-15(13(9-11)16(18)21)20-12-4-6-14-10(8-12)2-1-7-19-14/h1-9,20H,(H2,18,21). The molecule has 0 atom stereocenters. The maximum atomic E-state index is 13.3. The Bertz CT molecular complexity index is 833. The molecule has 0 radical (unpaired) electrons. The van der Waals surface area contributed by atoms with Crippen LogP contribution in [0.1, 0.15) is 5.56 Å². The Labute approximate surface area is 126 Å². The molecule has 0 aliphatic rings. The van der Waals surface area contributed by atoms with E-state index in [1.54, 1.807) is 12.3 Å². The van der Waals surface area contributed by atoms with Gasteiger partial charge in [-0.1, -0.05) is 18.3 Å². The Kier molecular flexibility index (Phi) is 3.50.